The normalized spacial score (nSPS) is 21.3. The van der Waals surface area contributed by atoms with Crippen molar-refractivity contribution in [3.63, 3.8) is 0 Å². The molecule has 2 aliphatic heterocycles. The molecular formula is C27H26BrN3O4. The number of anilines is 2. The van der Waals surface area contributed by atoms with Crippen LogP contribution >= 0.6 is 15.9 Å². The summed E-state index contributed by atoms with van der Waals surface area (Å²) in [6, 6.07) is 11.3. The van der Waals surface area contributed by atoms with E-state index < -0.39 is 17.3 Å². The first-order valence-corrected chi connectivity index (χ1v) is 12.4. The smallest absolute Gasteiger partial charge is 0.339 e. The molecule has 0 saturated carbocycles. The number of allylic oxidation sites excluding steroid dienone is 1. The Morgan fingerprint density at radius 2 is 1.94 bits per heavy atom. The van der Waals surface area contributed by atoms with Crippen molar-refractivity contribution in [3.8, 4) is 0 Å². The molecule has 0 radical (unpaired) electrons. The highest BCUT2D eigenvalue weighted by Gasteiger charge is 2.62. The number of halogens is 1. The molecule has 180 valence electrons. The van der Waals surface area contributed by atoms with Gasteiger partial charge in [-0.05, 0) is 63.4 Å². The van der Waals surface area contributed by atoms with Crippen molar-refractivity contribution in [2.45, 2.75) is 45.4 Å². The van der Waals surface area contributed by atoms with Gasteiger partial charge in [0.25, 0.3) is 0 Å². The van der Waals surface area contributed by atoms with Crippen LogP contribution < -0.4 is 16.0 Å². The molecule has 2 aromatic carbocycles. The fourth-order valence-corrected chi connectivity index (χ4v) is 5.97. The lowest BCUT2D eigenvalue weighted by Crippen LogP contribution is -2.53. The molecule has 2 heterocycles. The van der Waals surface area contributed by atoms with E-state index in [1.165, 1.54) is 0 Å². The van der Waals surface area contributed by atoms with Crippen LogP contribution in [0, 0.1) is 13.8 Å². The van der Waals surface area contributed by atoms with Gasteiger partial charge in [0.2, 0.25) is 5.91 Å². The molecule has 3 N–H and O–H groups in total. The second kappa shape index (κ2) is 8.37. The van der Waals surface area contributed by atoms with Gasteiger partial charge in [0.05, 0.1) is 12.3 Å². The maximum Gasteiger partial charge on any atom is 0.339 e. The van der Waals surface area contributed by atoms with Crippen molar-refractivity contribution in [2.75, 3.05) is 16.8 Å². The number of rotatable bonds is 3. The van der Waals surface area contributed by atoms with E-state index in [2.05, 4.69) is 21.2 Å². The Hall–Kier alpha value is -3.39. The summed E-state index contributed by atoms with van der Waals surface area (Å²) < 4.78 is 6.17. The Bertz CT molecular complexity index is 1380. The first-order valence-electron chi connectivity index (χ1n) is 11.6. The number of Topliss-reactive ketones (excluding diaryl/α,β-unsaturated/α-hetero) is 1. The molecule has 1 spiro atoms. The third-order valence-electron chi connectivity index (χ3n) is 6.95. The van der Waals surface area contributed by atoms with Crippen molar-refractivity contribution in [2.24, 2.45) is 5.73 Å². The summed E-state index contributed by atoms with van der Waals surface area (Å²) in [5, 5.41) is 2.90. The van der Waals surface area contributed by atoms with Crippen LogP contribution in [0.1, 0.15) is 42.9 Å². The lowest BCUT2D eigenvalue weighted by molar-refractivity contribution is -0.140. The van der Waals surface area contributed by atoms with E-state index in [0.29, 0.717) is 35.4 Å². The van der Waals surface area contributed by atoms with Crippen molar-refractivity contribution >= 4 is 45.0 Å². The molecule has 5 rings (SSSR count). The monoisotopic (exact) mass is 535 g/mol. The number of amides is 1. The SMILES string of the molecule is CCOC(=O)C1=C(N)N(c2ccc(C)cc2C)C2=C(C(=O)CCC2)C12C(=O)Nc1ccc(Br)cc12. The Labute approximate surface area is 212 Å². The van der Waals surface area contributed by atoms with Gasteiger partial charge in [0.1, 0.15) is 16.8 Å². The van der Waals surface area contributed by atoms with Crippen molar-refractivity contribution < 1.29 is 19.1 Å². The lowest BCUT2D eigenvalue weighted by atomic mass is 9.63. The second-order valence-electron chi connectivity index (χ2n) is 9.10. The number of aryl methyl sites for hydroxylation is 2. The largest absolute Gasteiger partial charge is 0.462 e. The van der Waals surface area contributed by atoms with Gasteiger partial charge in [-0.15, -0.1) is 0 Å². The van der Waals surface area contributed by atoms with Gasteiger partial charge in [0.15, 0.2) is 5.78 Å². The average molecular weight is 536 g/mol. The van der Waals surface area contributed by atoms with Gasteiger partial charge in [-0.1, -0.05) is 33.6 Å². The van der Waals surface area contributed by atoms with Gasteiger partial charge in [-0.25, -0.2) is 4.79 Å². The highest BCUT2D eigenvalue weighted by Crippen LogP contribution is 2.56. The van der Waals surface area contributed by atoms with Crippen LogP contribution in [0.4, 0.5) is 11.4 Å². The molecule has 0 saturated heterocycles. The summed E-state index contributed by atoms with van der Waals surface area (Å²) in [5.74, 6) is -1.25. The van der Waals surface area contributed by atoms with Crippen LogP contribution in [-0.2, 0) is 24.5 Å². The van der Waals surface area contributed by atoms with Gasteiger partial charge in [-0.3, -0.25) is 14.5 Å². The van der Waals surface area contributed by atoms with Crippen molar-refractivity contribution in [1.29, 1.82) is 0 Å². The third-order valence-corrected chi connectivity index (χ3v) is 7.44. The molecule has 8 heteroatoms. The summed E-state index contributed by atoms with van der Waals surface area (Å²) in [4.78, 5) is 43.0. The summed E-state index contributed by atoms with van der Waals surface area (Å²) in [6.07, 6.45) is 1.46. The molecule has 1 aliphatic carbocycles. The predicted molar refractivity (Wildman–Crippen MR) is 137 cm³/mol. The number of hydrogen-bond donors (Lipinski definition) is 2. The van der Waals surface area contributed by atoms with Gasteiger partial charge < -0.3 is 15.8 Å². The standard InChI is InChI=1S/C27H26BrN3O4/c1-4-35-25(33)23-24(29)31(19-11-8-14(2)12-15(19)3)20-6-5-7-21(32)22(20)27(23)17-13-16(28)9-10-18(17)30-26(27)34/h8-13H,4-7,29H2,1-3H3,(H,30,34). The minimum absolute atomic E-state index is 0.0253. The molecule has 1 unspecified atom stereocenters. The molecule has 7 nitrogen and oxygen atoms in total. The van der Waals surface area contributed by atoms with Crippen LogP contribution in [0.2, 0.25) is 0 Å². The Balaban J connectivity index is 1.92. The van der Waals surface area contributed by atoms with Gasteiger partial charge in [0, 0.05) is 33.4 Å². The molecule has 0 bridgehead atoms. The Morgan fingerprint density at radius 1 is 1.17 bits per heavy atom. The highest BCUT2D eigenvalue weighted by atomic mass is 79.9. The van der Waals surface area contributed by atoms with Crippen molar-refractivity contribution in [3.05, 3.63) is 80.2 Å². The fraction of sp³-hybridized carbons (Fsp3) is 0.296. The summed E-state index contributed by atoms with van der Waals surface area (Å²) in [7, 11) is 0. The van der Waals surface area contributed by atoms with Crippen LogP contribution in [0.3, 0.4) is 0 Å². The number of ether oxygens (including phenoxy) is 1. The fourth-order valence-electron chi connectivity index (χ4n) is 5.61. The number of carbonyl (C=O) groups is 3. The molecule has 1 atom stereocenters. The lowest BCUT2D eigenvalue weighted by Gasteiger charge is -2.44. The van der Waals surface area contributed by atoms with Gasteiger partial charge in [-0.2, -0.15) is 0 Å². The second-order valence-corrected chi connectivity index (χ2v) is 10.0. The van der Waals surface area contributed by atoms with E-state index in [1.807, 2.05) is 32.0 Å². The van der Waals surface area contributed by atoms with Crippen molar-refractivity contribution in [1.82, 2.24) is 0 Å². The van der Waals surface area contributed by atoms with E-state index in [1.54, 1.807) is 30.0 Å². The average Bonchev–Trinajstić information content (AvgIpc) is 3.07. The maximum absolute atomic E-state index is 13.9. The zero-order valence-electron chi connectivity index (χ0n) is 19.8. The van der Waals surface area contributed by atoms with Crippen LogP contribution in [-0.4, -0.2) is 24.3 Å². The minimum Gasteiger partial charge on any atom is -0.462 e. The van der Waals surface area contributed by atoms with Crippen LogP contribution in [0.15, 0.2) is 63.5 Å². The number of hydrogen-bond acceptors (Lipinski definition) is 6. The van der Waals surface area contributed by atoms with Gasteiger partial charge >= 0.3 is 5.97 Å². The number of nitrogens with zero attached hydrogens (tertiary/aromatic N) is 1. The maximum atomic E-state index is 13.9. The number of benzene rings is 2. The van der Waals surface area contributed by atoms with E-state index in [9.17, 15) is 14.4 Å². The summed E-state index contributed by atoms with van der Waals surface area (Å²) in [5.41, 5.74) is 9.92. The first-order chi connectivity index (χ1) is 16.7. The highest BCUT2D eigenvalue weighted by molar-refractivity contribution is 9.10. The number of nitrogens with two attached hydrogens (primary N) is 1. The molecule has 35 heavy (non-hydrogen) atoms. The zero-order chi connectivity index (χ0) is 25.1. The summed E-state index contributed by atoms with van der Waals surface area (Å²) in [6.45, 7) is 5.76. The van der Waals surface area contributed by atoms with E-state index in [4.69, 9.17) is 10.5 Å². The van der Waals surface area contributed by atoms with Crippen LogP contribution in [0.25, 0.3) is 0 Å². The molecule has 0 aromatic heterocycles. The van der Waals surface area contributed by atoms with E-state index in [-0.39, 0.29) is 30.2 Å². The number of ketones is 1. The molecule has 1 amide bonds. The Kier molecular flexibility index (Phi) is 5.59. The number of carbonyl (C=O) groups excluding carboxylic acids is 3. The molecular weight excluding hydrogens is 510 g/mol. The Morgan fingerprint density at radius 3 is 2.66 bits per heavy atom. The number of esters is 1. The molecule has 2 aromatic rings. The quantitative estimate of drug-likeness (QED) is 0.560. The van der Waals surface area contributed by atoms with E-state index >= 15 is 0 Å². The van der Waals surface area contributed by atoms with Crippen LogP contribution in [0.5, 0.6) is 0 Å². The molecule has 3 aliphatic rings. The predicted octanol–water partition coefficient (Wildman–Crippen LogP) is 4.52. The zero-order valence-corrected chi connectivity index (χ0v) is 21.4. The topological polar surface area (TPSA) is 102 Å². The summed E-state index contributed by atoms with van der Waals surface area (Å²) >= 11 is 3.49. The number of fused-ring (bicyclic) bond motifs is 3. The minimum atomic E-state index is -1.68. The number of nitrogens with one attached hydrogen (secondary N) is 1. The molecule has 0 fully saturated rings. The van der Waals surface area contributed by atoms with E-state index in [0.717, 1.165) is 21.3 Å². The first kappa shape index (κ1) is 23.4. The third kappa shape index (κ3) is 3.26.